The normalized spacial score (nSPS) is 13.1. The number of ether oxygens (including phenoxy) is 4. The Morgan fingerprint density at radius 1 is 0.767 bits per heavy atom. The summed E-state index contributed by atoms with van der Waals surface area (Å²) in [6.07, 6.45) is 3.86. The minimum atomic E-state index is -0.0640. The molecule has 0 amide bonds. The molecule has 3 heterocycles. The van der Waals surface area contributed by atoms with Crippen molar-refractivity contribution in [2.45, 2.75) is 59.7 Å². The van der Waals surface area contributed by atoms with Crippen molar-refractivity contribution < 1.29 is 23.7 Å². The van der Waals surface area contributed by atoms with Crippen LogP contribution in [0.4, 0.5) is 0 Å². The quantitative estimate of drug-likeness (QED) is 0.175. The van der Waals surface area contributed by atoms with Gasteiger partial charge in [0.05, 0.1) is 40.5 Å². The van der Waals surface area contributed by atoms with Crippen LogP contribution in [-0.2, 0) is 28.4 Å². The topological polar surface area (TPSA) is 141 Å². The molecule has 0 saturated carbocycles. The average molecular weight is 593 g/mol. The molecule has 2 aromatic heterocycles. The highest BCUT2D eigenvalue weighted by atomic mass is 16.7. The van der Waals surface area contributed by atoms with Crippen LogP contribution in [0.25, 0.3) is 22.8 Å². The lowest BCUT2D eigenvalue weighted by molar-refractivity contribution is -0.108. The van der Waals surface area contributed by atoms with Crippen molar-refractivity contribution in [3.05, 3.63) is 46.5 Å². The number of aldehydes is 1. The van der Waals surface area contributed by atoms with Crippen molar-refractivity contribution in [2.24, 2.45) is 14.1 Å². The molecule has 1 aliphatic rings. The van der Waals surface area contributed by atoms with E-state index in [1.165, 1.54) is 9.59 Å². The van der Waals surface area contributed by atoms with Gasteiger partial charge in [0.2, 0.25) is 11.6 Å². The third-order valence-electron chi connectivity index (χ3n) is 6.69. The second kappa shape index (κ2) is 15.3. The summed E-state index contributed by atoms with van der Waals surface area (Å²) in [4.78, 5) is 13.2. The summed E-state index contributed by atoms with van der Waals surface area (Å²) in [5.74, 6) is 3.02. The standard InChI is InChI=1S/C16H22N4O3.C14H18N4O2/c1-11-9-13(16-17-19-20(3)18-16)10-12(2)15(11)23-6-4-5-14-21-7-8-22-14;1-10-8-12(14-15-17-18(3)16-14)9-11(2)13(10)20-7-5-4-6-19/h9-10,14H,4-8H2,1-3H3;6,8-9H,4-5,7H2,1-3H3. The molecule has 0 spiro atoms. The Morgan fingerprint density at radius 2 is 1.21 bits per heavy atom. The van der Waals surface area contributed by atoms with Gasteiger partial charge < -0.3 is 23.7 Å². The largest absolute Gasteiger partial charge is 0.493 e. The van der Waals surface area contributed by atoms with Crippen molar-refractivity contribution in [1.29, 1.82) is 0 Å². The first-order valence-electron chi connectivity index (χ1n) is 14.4. The fourth-order valence-electron chi connectivity index (χ4n) is 4.75. The number of tetrazole rings is 2. The minimum Gasteiger partial charge on any atom is -0.493 e. The number of benzene rings is 2. The molecule has 0 unspecified atom stereocenters. The summed E-state index contributed by atoms with van der Waals surface area (Å²) in [6, 6.07) is 8.03. The lowest BCUT2D eigenvalue weighted by atomic mass is 10.1. The molecule has 5 rings (SSSR count). The third-order valence-corrected chi connectivity index (χ3v) is 6.69. The minimum absolute atomic E-state index is 0.0640. The maximum Gasteiger partial charge on any atom is 0.204 e. The van der Waals surface area contributed by atoms with Gasteiger partial charge in [0.15, 0.2) is 6.29 Å². The maximum absolute atomic E-state index is 10.3. The summed E-state index contributed by atoms with van der Waals surface area (Å²) in [7, 11) is 3.49. The monoisotopic (exact) mass is 592 g/mol. The van der Waals surface area contributed by atoms with Crippen LogP contribution in [0.1, 0.15) is 47.9 Å². The Labute approximate surface area is 251 Å². The molecule has 43 heavy (non-hydrogen) atoms. The Hall–Kier alpha value is -4.23. The highest BCUT2D eigenvalue weighted by Crippen LogP contribution is 2.30. The molecule has 13 nitrogen and oxygen atoms in total. The smallest absolute Gasteiger partial charge is 0.204 e. The van der Waals surface area contributed by atoms with Crippen LogP contribution in [-0.4, -0.2) is 79.4 Å². The van der Waals surface area contributed by atoms with E-state index in [4.69, 9.17) is 18.9 Å². The molecule has 1 saturated heterocycles. The predicted octanol–water partition coefficient (Wildman–Crippen LogP) is 3.88. The molecule has 230 valence electrons. The van der Waals surface area contributed by atoms with Crippen LogP contribution in [0.5, 0.6) is 11.5 Å². The van der Waals surface area contributed by atoms with E-state index in [9.17, 15) is 4.79 Å². The van der Waals surface area contributed by atoms with Gasteiger partial charge in [0, 0.05) is 24.0 Å². The molecule has 4 aromatic rings. The average Bonchev–Trinajstić information content (AvgIpc) is 3.74. The number of aryl methyl sites for hydroxylation is 6. The summed E-state index contributed by atoms with van der Waals surface area (Å²) >= 11 is 0. The molecule has 0 bridgehead atoms. The number of nitrogens with zero attached hydrogens (tertiary/aromatic N) is 8. The van der Waals surface area contributed by atoms with Gasteiger partial charge in [0.25, 0.3) is 0 Å². The zero-order chi connectivity index (χ0) is 30.8. The molecule has 0 aliphatic carbocycles. The molecule has 1 aliphatic heterocycles. The zero-order valence-corrected chi connectivity index (χ0v) is 25.7. The highest BCUT2D eigenvalue weighted by Gasteiger charge is 2.16. The molecule has 13 heteroatoms. The Bertz CT molecular complexity index is 1450. The molecular weight excluding hydrogens is 552 g/mol. The van der Waals surface area contributed by atoms with E-state index < -0.39 is 0 Å². The molecule has 0 atom stereocenters. The van der Waals surface area contributed by atoms with Gasteiger partial charge in [-0.3, -0.25) is 0 Å². The Kier molecular flexibility index (Phi) is 11.3. The molecule has 0 radical (unpaired) electrons. The lowest BCUT2D eigenvalue weighted by Gasteiger charge is -2.14. The van der Waals surface area contributed by atoms with Gasteiger partial charge in [-0.25, -0.2) is 0 Å². The van der Waals surface area contributed by atoms with Crippen molar-refractivity contribution in [1.82, 2.24) is 40.4 Å². The van der Waals surface area contributed by atoms with Crippen LogP contribution >= 0.6 is 0 Å². The number of hydrogen-bond acceptors (Lipinski definition) is 11. The molecule has 1 fully saturated rings. The number of rotatable bonds is 12. The fraction of sp³-hybridized carbons (Fsp3) is 0.500. The number of unbranched alkanes of at least 4 members (excludes halogenated alkanes) is 1. The SMILES string of the molecule is Cc1cc(-c2nnn(C)n2)cc(C)c1OCCCC1OCCO1.Cc1cc(-c2nnn(C)n2)cc(C)c1OCCCC=O. The summed E-state index contributed by atoms with van der Waals surface area (Å²) < 4.78 is 22.5. The summed E-state index contributed by atoms with van der Waals surface area (Å²) in [5.41, 5.74) is 6.07. The second-order valence-corrected chi connectivity index (χ2v) is 10.4. The van der Waals surface area contributed by atoms with Crippen LogP contribution in [0.2, 0.25) is 0 Å². The molecule has 0 N–H and O–H groups in total. The van der Waals surface area contributed by atoms with E-state index >= 15 is 0 Å². The van der Waals surface area contributed by atoms with E-state index in [0.29, 0.717) is 44.5 Å². The van der Waals surface area contributed by atoms with Crippen LogP contribution in [0, 0.1) is 27.7 Å². The first kappa shape index (κ1) is 31.7. The number of aromatic nitrogens is 8. The van der Waals surface area contributed by atoms with Gasteiger partial charge in [-0.1, -0.05) is 0 Å². The number of hydrogen-bond donors (Lipinski definition) is 0. The van der Waals surface area contributed by atoms with Crippen molar-refractivity contribution in [3.8, 4) is 34.3 Å². The third kappa shape index (κ3) is 8.88. The van der Waals surface area contributed by atoms with Crippen LogP contribution in [0.3, 0.4) is 0 Å². The number of carbonyl (C=O) groups is 1. The van der Waals surface area contributed by atoms with Crippen LogP contribution in [0.15, 0.2) is 24.3 Å². The van der Waals surface area contributed by atoms with Crippen molar-refractivity contribution >= 4 is 6.29 Å². The van der Waals surface area contributed by atoms with Crippen molar-refractivity contribution in [2.75, 3.05) is 26.4 Å². The first-order valence-corrected chi connectivity index (χ1v) is 14.4. The first-order chi connectivity index (χ1) is 20.7. The number of carbonyl (C=O) groups excluding carboxylic acids is 1. The maximum atomic E-state index is 10.3. The summed E-state index contributed by atoms with van der Waals surface area (Å²) in [6.45, 7) is 10.6. The highest BCUT2D eigenvalue weighted by molar-refractivity contribution is 5.61. The second-order valence-electron chi connectivity index (χ2n) is 10.4. The van der Waals surface area contributed by atoms with E-state index in [2.05, 4.69) is 30.8 Å². The van der Waals surface area contributed by atoms with E-state index in [1.54, 1.807) is 14.1 Å². The van der Waals surface area contributed by atoms with Crippen molar-refractivity contribution in [3.63, 3.8) is 0 Å². The Balaban J connectivity index is 0.000000199. The van der Waals surface area contributed by atoms with Gasteiger partial charge in [-0.05, 0) is 97.5 Å². The fourth-order valence-corrected chi connectivity index (χ4v) is 4.75. The zero-order valence-electron chi connectivity index (χ0n) is 25.7. The molecule has 2 aromatic carbocycles. The van der Waals surface area contributed by atoms with E-state index in [1.807, 2.05) is 52.0 Å². The Morgan fingerprint density at radius 3 is 1.60 bits per heavy atom. The van der Waals surface area contributed by atoms with E-state index in [0.717, 1.165) is 70.4 Å². The molecular formula is C30H40N8O5. The van der Waals surface area contributed by atoms with Gasteiger partial charge >= 0.3 is 0 Å². The summed E-state index contributed by atoms with van der Waals surface area (Å²) in [5, 5.41) is 24.2. The predicted molar refractivity (Wildman–Crippen MR) is 159 cm³/mol. The lowest BCUT2D eigenvalue weighted by Crippen LogP contribution is -2.10. The van der Waals surface area contributed by atoms with Gasteiger partial charge in [0.1, 0.15) is 17.8 Å². The van der Waals surface area contributed by atoms with Gasteiger partial charge in [-0.15, -0.1) is 20.4 Å². The van der Waals surface area contributed by atoms with E-state index in [-0.39, 0.29) is 6.29 Å². The van der Waals surface area contributed by atoms with Gasteiger partial charge in [-0.2, -0.15) is 9.59 Å². The van der Waals surface area contributed by atoms with Crippen LogP contribution < -0.4 is 9.47 Å².